The Hall–Kier alpha value is -2.15. The predicted octanol–water partition coefficient (Wildman–Crippen LogP) is 2.30. The fraction of sp³-hybridized carbons (Fsp3) is 0.588. The summed E-state index contributed by atoms with van der Waals surface area (Å²) in [4.78, 5) is 27.7. The molecule has 7 nitrogen and oxygen atoms in total. The molecule has 0 unspecified atom stereocenters. The molecule has 2 aliphatic rings. The van der Waals surface area contributed by atoms with E-state index in [1.807, 2.05) is 0 Å². The highest BCUT2D eigenvalue weighted by Gasteiger charge is 2.31. The lowest BCUT2D eigenvalue weighted by Crippen LogP contribution is -2.46. The fourth-order valence-corrected chi connectivity index (χ4v) is 3.68. The number of piperidine rings is 1. The molecule has 2 fully saturated rings. The van der Waals surface area contributed by atoms with Crippen LogP contribution in [0.2, 0.25) is 0 Å². The van der Waals surface area contributed by atoms with Gasteiger partial charge in [-0.05, 0) is 50.9 Å². The van der Waals surface area contributed by atoms with Gasteiger partial charge in [-0.15, -0.1) is 0 Å². The topological polar surface area (TPSA) is 75.9 Å². The summed E-state index contributed by atoms with van der Waals surface area (Å²) in [6, 6.07) is 4.85. The zero-order valence-electron chi connectivity index (χ0n) is 13.9. The molecule has 24 heavy (non-hydrogen) atoms. The number of carbonyl (C=O) groups excluding carboxylic acids is 1. The van der Waals surface area contributed by atoms with Gasteiger partial charge in [0.15, 0.2) is 0 Å². The largest absolute Gasteiger partial charge is 0.497 e. The van der Waals surface area contributed by atoms with Crippen molar-refractivity contribution in [1.82, 2.24) is 9.80 Å². The highest BCUT2D eigenvalue weighted by Crippen LogP contribution is 2.27. The monoisotopic (exact) mass is 333 g/mol. The molecule has 0 spiro atoms. The maximum atomic E-state index is 12.8. The Morgan fingerprint density at radius 1 is 1.21 bits per heavy atom. The summed E-state index contributed by atoms with van der Waals surface area (Å²) in [5.41, 5.74) is -0.0542. The van der Waals surface area contributed by atoms with Gasteiger partial charge in [0.05, 0.1) is 12.0 Å². The third-order valence-corrected chi connectivity index (χ3v) is 5.04. The number of methoxy groups -OCH3 is 1. The quantitative estimate of drug-likeness (QED) is 0.624. The number of nitro benzene ring substituents is 1. The van der Waals surface area contributed by atoms with E-state index in [0.29, 0.717) is 24.9 Å². The van der Waals surface area contributed by atoms with Gasteiger partial charge in [0.1, 0.15) is 11.3 Å². The molecule has 2 saturated heterocycles. The fourth-order valence-electron chi connectivity index (χ4n) is 3.68. The summed E-state index contributed by atoms with van der Waals surface area (Å²) < 4.78 is 5.11. The van der Waals surface area contributed by atoms with Crippen molar-refractivity contribution in [1.29, 1.82) is 0 Å². The van der Waals surface area contributed by atoms with Gasteiger partial charge >= 0.3 is 0 Å². The summed E-state index contributed by atoms with van der Waals surface area (Å²) in [5.74, 6) is 0.177. The Labute approximate surface area is 141 Å². The molecule has 1 aromatic rings. The average molecular weight is 333 g/mol. The first-order chi connectivity index (χ1) is 11.6. The first-order valence-electron chi connectivity index (χ1n) is 8.46. The number of hydrogen-bond acceptors (Lipinski definition) is 5. The van der Waals surface area contributed by atoms with E-state index in [4.69, 9.17) is 4.74 Å². The predicted molar refractivity (Wildman–Crippen MR) is 89.4 cm³/mol. The molecule has 0 aromatic heterocycles. The van der Waals surface area contributed by atoms with Crippen LogP contribution in [0.3, 0.4) is 0 Å². The molecule has 2 heterocycles. The minimum atomic E-state index is -0.510. The lowest BCUT2D eigenvalue weighted by atomic mass is 10.0. The molecule has 0 radical (unpaired) electrons. The molecule has 3 rings (SSSR count). The number of amides is 1. The zero-order chi connectivity index (χ0) is 17.1. The molecule has 130 valence electrons. The first kappa shape index (κ1) is 16.7. The Bertz CT molecular complexity index is 620. The third kappa shape index (κ3) is 3.36. The van der Waals surface area contributed by atoms with Crippen molar-refractivity contribution in [3.63, 3.8) is 0 Å². The van der Waals surface area contributed by atoms with E-state index < -0.39 is 4.92 Å². The molecule has 0 N–H and O–H groups in total. The maximum Gasteiger partial charge on any atom is 0.282 e. The lowest BCUT2D eigenvalue weighted by molar-refractivity contribution is -0.385. The molecule has 0 aliphatic carbocycles. The Morgan fingerprint density at radius 3 is 2.46 bits per heavy atom. The van der Waals surface area contributed by atoms with E-state index in [2.05, 4.69) is 4.90 Å². The number of nitrogens with zero attached hydrogens (tertiary/aromatic N) is 3. The van der Waals surface area contributed by atoms with E-state index in [0.717, 1.165) is 25.9 Å². The second kappa shape index (κ2) is 7.17. The van der Waals surface area contributed by atoms with Crippen LogP contribution in [0.4, 0.5) is 5.69 Å². The van der Waals surface area contributed by atoms with Crippen molar-refractivity contribution in [2.45, 2.75) is 31.7 Å². The minimum Gasteiger partial charge on any atom is -0.497 e. The van der Waals surface area contributed by atoms with Crippen LogP contribution in [-0.4, -0.2) is 60.0 Å². The second-order valence-corrected chi connectivity index (χ2v) is 6.41. The highest BCUT2D eigenvalue weighted by molar-refractivity contribution is 5.98. The van der Waals surface area contributed by atoms with Crippen molar-refractivity contribution in [3.8, 4) is 5.75 Å². The van der Waals surface area contributed by atoms with Crippen molar-refractivity contribution in [2.24, 2.45) is 0 Å². The Morgan fingerprint density at radius 2 is 1.88 bits per heavy atom. The van der Waals surface area contributed by atoms with Gasteiger partial charge in [0.25, 0.3) is 11.6 Å². The van der Waals surface area contributed by atoms with Crippen molar-refractivity contribution >= 4 is 11.6 Å². The van der Waals surface area contributed by atoms with Gasteiger partial charge in [-0.1, -0.05) is 0 Å². The third-order valence-electron chi connectivity index (χ3n) is 5.04. The van der Waals surface area contributed by atoms with E-state index in [1.165, 1.54) is 38.2 Å². The number of likely N-dealkylation sites (tertiary alicyclic amines) is 2. The molecule has 7 heteroatoms. The first-order valence-corrected chi connectivity index (χ1v) is 8.46. The highest BCUT2D eigenvalue weighted by atomic mass is 16.6. The minimum absolute atomic E-state index is 0.110. The van der Waals surface area contributed by atoms with Gasteiger partial charge in [-0.2, -0.15) is 0 Å². The number of ether oxygens (including phenoxy) is 1. The summed E-state index contributed by atoms with van der Waals surface area (Å²) in [6.45, 7) is 3.60. The summed E-state index contributed by atoms with van der Waals surface area (Å²) in [6.07, 6.45) is 4.39. The van der Waals surface area contributed by atoms with Crippen molar-refractivity contribution < 1.29 is 14.5 Å². The average Bonchev–Trinajstić information content (AvgIpc) is 3.15. The van der Waals surface area contributed by atoms with Crippen LogP contribution in [0, 0.1) is 10.1 Å². The second-order valence-electron chi connectivity index (χ2n) is 6.41. The maximum absolute atomic E-state index is 12.8. The van der Waals surface area contributed by atoms with Crippen LogP contribution in [0.15, 0.2) is 18.2 Å². The number of rotatable bonds is 4. The number of benzene rings is 1. The number of nitro groups is 1. The number of hydrogen-bond donors (Lipinski definition) is 0. The van der Waals surface area contributed by atoms with E-state index in [-0.39, 0.29) is 17.2 Å². The Balaban J connectivity index is 1.71. The van der Waals surface area contributed by atoms with Gasteiger partial charge in [-0.3, -0.25) is 14.9 Å². The van der Waals surface area contributed by atoms with Gasteiger partial charge < -0.3 is 14.5 Å². The van der Waals surface area contributed by atoms with E-state index in [9.17, 15) is 14.9 Å². The molecular formula is C17H23N3O4. The van der Waals surface area contributed by atoms with Gasteiger partial charge in [-0.25, -0.2) is 0 Å². The normalized spacial score (nSPS) is 19.5. The summed E-state index contributed by atoms with van der Waals surface area (Å²) in [7, 11) is 1.48. The van der Waals surface area contributed by atoms with Crippen LogP contribution < -0.4 is 4.74 Å². The molecule has 0 atom stereocenters. The zero-order valence-corrected chi connectivity index (χ0v) is 13.9. The molecule has 2 aliphatic heterocycles. The van der Waals surface area contributed by atoms with Gasteiger partial charge in [0.2, 0.25) is 0 Å². The lowest BCUT2D eigenvalue weighted by Gasteiger charge is -2.36. The van der Waals surface area contributed by atoms with Crippen molar-refractivity contribution in [3.05, 3.63) is 33.9 Å². The number of carbonyl (C=O) groups is 1. The van der Waals surface area contributed by atoms with E-state index in [1.54, 1.807) is 4.90 Å². The smallest absolute Gasteiger partial charge is 0.282 e. The molecule has 1 amide bonds. The van der Waals surface area contributed by atoms with Crippen LogP contribution in [0.1, 0.15) is 36.0 Å². The van der Waals surface area contributed by atoms with Crippen LogP contribution >= 0.6 is 0 Å². The van der Waals surface area contributed by atoms with Gasteiger partial charge in [0, 0.05) is 25.2 Å². The van der Waals surface area contributed by atoms with Crippen molar-refractivity contribution in [2.75, 3.05) is 33.3 Å². The molecule has 0 saturated carbocycles. The van der Waals surface area contributed by atoms with Crippen LogP contribution in [0.25, 0.3) is 0 Å². The summed E-state index contributed by atoms with van der Waals surface area (Å²) in [5, 5.41) is 11.2. The Kier molecular flexibility index (Phi) is 4.99. The van der Waals surface area contributed by atoms with E-state index >= 15 is 0 Å². The van der Waals surface area contributed by atoms with Crippen LogP contribution in [0.5, 0.6) is 5.75 Å². The van der Waals surface area contributed by atoms with Crippen LogP contribution in [-0.2, 0) is 0 Å². The molecular weight excluding hydrogens is 310 g/mol. The molecule has 0 bridgehead atoms. The summed E-state index contributed by atoms with van der Waals surface area (Å²) >= 11 is 0. The SMILES string of the molecule is COc1ccc([N+](=O)[O-])c(C(=O)N2CCC(N3CCCC3)CC2)c1. The standard InChI is InChI=1S/C17H23N3O4/c1-24-14-4-5-16(20(22)23)15(12-14)17(21)19-10-6-13(7-11-19)18-8-2-3-9-18/h4-5,12-13H,2-3,6-11H2,1H3. The molecule has 1 aromatic carbocycles.